The largest absolute Gasteiger partial charge is 0.479 e. The Bertz CT molecular complexity index is 1170. The van der Waals surface area contributed by atoms with E-state index in [1.165, 1.54) is 12.1 Å². The number of nitrogens with zero attached hydrogens (tertiary/aromatic N) is 1. The van der Waals surface area contributed by atoms with Gasteiger partial charge in [-0.05, 0) is 54.3 Å². The molecule has 0 heterocycles. The Kier molecular flexibility index (Phi) is 6.38. The molecule has 1 atom stereocenters. The molecular formula is C26H23ClFNO4. The average Bonchev–Trinajstić information content (AvgIpc) is 3.11. The number of aliphatic carboxylic acids is 1. The third-order valence-electron chi connectivity index (χ3n) is 5.87. The van der Waals surface area contributed by atoms with Crippen molar-refractivity contribution >= 4 is 23.7 Å². The Hall–Kier alpha value is -3.38. The number of hydrogen-bond acceptors (Lipinski definition) is 3. The smallest absolute Gasteiger partial charge is 0.411 e. The summed E-state index contributed by atoms with van der Waals surface area (Å²) in [4.78, 5) is 26.3. The van der Waals surface area contributed by atoms with Crippen LogP contribution in [0.3, 0.4) is 0 Å². The first-order chi connectivity index (χ1) is 15.8. The van der Waals surface area contributed by atoms with E-state index in [-0.39, 0.29) is 23.1 Å². The highest BCUT2D eigenvalue weighted by molar-refractivity contribution is 6.30. The number of carbonyl (C=O) groups is 2. The van der Waals surface area contributed by atoms with E-state index in [0.717, 1.165) is 33.2 Å². The lowest BCUT2D eigenvalue weighted by Gasteiger charge is -2.32. The second-order valence-corrected chi connectivity index (χ2v) is 8.65. The monoisotopic (exact) mass is 467 g/mol. The van der Waals surface area contributed by atoms with Crippen LogP contribution in [0.15, 0.2) is 66.7 Å². The van der Waals surface area contributed by atoms with E-state index in [1.807, 2.05) is 48.5 Å². The van der Waals surface area contributed by atoms with Gasteiger partial charge in [0.1, 0.15) is 12.4 Å². The Labute approximate surface area is 196 Å². The van der Waals surface area contributed by atoms with E-state index in [1.54, 1.807) is 13.8 Å². The van der Waals surface area contributed by atoms with Crippen molar-refractivity contribution in [2.45, 2.75) is 31.8 Å². The van der Waals surface area contributed by atoms with E-state index in [2.05, 4.69) is 0 Å². The van der Waals surface area contributed by atoms with Crippen molar-refractivity contribution in [3.8, 4) is 11.1 Å². The van der Waals surface area contributed by atoms with Gasteiger partial charge in [-0.2, -0.15) is 0 Å². The molecule has 7 heteroatoms. The average molecular weight is 468 g/mol. The minimum Gasteiger partial charge on any atom is -0.479 e. The second-order valence-electron chi connectivity index (χ2n) is 8.21. The van der Waals surface area contributed by atoms with Crippen LogP contribution < -0.4 is 0 Å². The van der Waals surface area contributed by atoms with Crippen LogP contribution in [-0.2, 0) is 9.53 Å². The molecule has 1 aliphatic carbocycles. The fourth-order valence-corrected chi connectivity index (χ4v) is 4.59. The summed E-state index contributed by atoms with van der Waals surface area (Å²) in [6.45, 7) is 3.33. The molecule has 1 N–H and O–H groups in total. The summed E-state index contributed by atoms with van der Waals surface area (Å²) in [5.74, 6) is -2.32. The van der Waals surface area contributed by atoms with Crippen LogP contribution in [0.5, 0.6) is 0 Å². The third-order valence-corrected chi connectivity index (χ3v) is 6.10. The van der Waals surface area contributed by atoms with Crippen LogP contribution >= 0.6 is 11.6 Å². The normalized spacial score (nSPS) is 13.4. The van der Waals surface area contributed by atoms with Gasteiger partial charge < -0.3 is 9.84 Å². The zero-order chi connectivity index (χ0) is 23.7. The van der Waals surface area contributed by atoms with Gasteiger partial charge in [0.15, 0.2) is 6.04 Å². The van der Waals surface area contributed by atoms with Crippen LogP contribution in [0.25, 0.3) is 11.1 Å². The van der Waals surface area contributed by atoms with Gasteiger partial charge in [-0.1, -0.05) is 60.1 Å². The van der Waals surface area contributed by atoms with Gasteiger partial charge in [-0.3, -0.25) is 4.90 Å². The number of carboxylic acid groups (broad SMARTS) is 1. The predicted molar refractivity (Wildman–Crippen MR) is 124 cm³/mol. The zero-order valence-corrected chi connectivity index (χ0v) is 18.9. The SMILES string of the molecule is CC(C)N(C(=O)OCC1c2ccccc2-c2ccccc21)C(C(=O)O)c1cc(Cl)ccc1F. The van der Waals surface area contributed by atoms with Gasteiger partial charge in [0, 0.05) is 22.5 Å². The Balaban J connectivity index is 1.62. The summed E-state index contributed by atoms with van der Waals surface area (Å²) < 4.78 is 20.2. The Morgan fingerprint density at radius 2 is 1.61 bits per heavy atom. The van der Waals surface area contributed by atoms with Gasteiger partial charge in [0.2, 0.25) is 0 Å². The number of amides is 1. The minimum atomic E-state index is -1.58. The zero-order valence-electron chi connectivity index (χ0n) is 18.2. The molecule has 0 fully saturated rings. The first-order valence-electron chi connectivity index (χ1n) is 10.6. The van der Waals surface area contributed by atoms with E-state index >= 15 is 0 Å². The molecule has 0 spiro atoms. The van der Waals surface area contributed by atoms with Crippen LogP contribution in [0.1, 0.15) is 42.5 Å². The lowest BCUT2D eigenvalue weighted by molar-refractivity contribution is -0.143. The quantitative estimate of drug-likeness (QED) is 0.464. The van der Waals surface area contributed by atoms with Crippen molar-refractivity contribution < 1.29 is 23.8 Å². The van der Waals surface area contributed by atoms with Gasteiger partial charge >= 0.3 is 12.1 Å². The molecule has 1 unspecified atom stereocenters. The van der Waals surface area contributed by atoms with Crippen molar-refractivity contribution in [2.24, 2.45) is 0 Å². The molecule has 0 saturated carbocycles. The van der Waals surface area contributed by atoms with Gasteiger partial charge in [0.05, 0.1) is 0 Å². The third kappa shape index (κ3) is 4.31. The number of ether oxygens (including phenoxy) is 1. The molecule has 170 valence electrons. The lowest BCUT2D eigenvalue weighted by atomic mass is 9.98. The van der Waals surface area contributed by atoms with Crippen LogP contribution in [0, 0.1) is 5.82 Å². The summed E-state index contributed by atoms with van der Waals surface area (Å²) in [6, 6.07) is 17.3. The Morgan fingerprint density at radius 1 is 1.03 bits per heavy atom. The maximum absolute atomic E-state index is 14.5. The van der Waals surface area contributed by atoms with Gasteiger partial charge in [-0.15, -0.1) is 0 Å². The number of hydrogen-bond donors (Lipinski definition) is 1. The molecule has 5 nitrogen and oxygen atoms in total. The van der Waals surface area contributed by atoms with Crippen molar-refractivity contribution in [3.05, 3.63) is 94.3 Å². The molecule has 33 heavy (non-hydrogen) atoms. The van der Waals surface area contributed by atoms with Crippen molar-refractivity contribution in [3.63, 3.8) is 0 Å². The molecule has 4 rings (SSSR count). The van der Waals surface area contributed by atoms with Gasteiger partial charge in [0.25, 0.3) is 0 Å². The highest BCUT2D eigenvalue weighted by Crippen LogP contribution is 2.44. The molecule has 0 radical (unpaired) electrons. The topological polar surface area (TPSA) is 66.8 Å². The molecule has 0 saturated heterocycles. The van der Waals surface area contributed by atoms with Crippen LogP contribution in [0.2, 0.25) is 5.02 Å². The standard InChI is InChI=1S/C26H23ClFNO4/c1-15(2)29(24(25(30)31)21-13-16(27)11-12-23(21)28)26(32)33-14-22-19-9-5-3-7-17(19)18-8-4-6-10-20(18)22/h3-13,15,22,24H,14H2,1-2H3,(H,30,31). The van der Waals surface area contributed by atoms with E-state index in [4.69, 9.17) is 16.3 Å². The summed E-state index contributed by atoms with van der Waals surface area (Å²) in [7, 11) is 0. The fraction of sp³-hybridized carbons (Fsp3) is 0.231. The predicted octanol–water partition coefficient (Wildman–Crippen LogP) is 6.26. The van der Waals surface area contributed by atoms with Crippen LogP contribution in [-0.4, -0.2) is 34.7 Å². The minimum absolute atomic E-state index is 0.0282. The number of fused-ring (bicyclic) bond motifs is 3. The fourth-order valence-electron chi connectivity index (χ4n) is 4.41. The summed E-state index contributed by atoms with van der Waals surface area (Å²) in [5, 5.41) is 10.1. The van der Waals surface area contributed by atoms with Crippen molar-refractivity contribution in [2.75, 3.05) is 6.61 Å². The Morgan fingerprint density at radius 3 is 2.15 bits per heavy atom. The van der Waals surface area contributed by atoms with E-state index < -0.39 is 30.0 Å². The van der Waals surface area contributed by atoms with Crippen LogP contribution in [0.4, 0.5) is 9.18 Å². The molecule has 3 aromatic carbocycles. The highest BCUT2D eigenvalue weighted by atomic mass is 35.5. The first kappa shape index (κ1) is 22.8. The number of benzene rings is 3. The lowest BCUT2D eigenvalue weighted by Crippen LogP contribution is -2.44. The maximum Gasteiger partial charge on any atom is 0.411 e. The number of halogens is 2. The number of rotatable bonds is 6. The number of carboxylic acids is 1. The highest BCUT2D eigenvalue weighted by Gasteiger charge is 2.37. The maximum atomic E-state index is 14.5. The van der Waals surface area contributed by atoms with Crippen molar-refractivity contribution in [1.29, 1.82) is 0 Å². The molecule has 0 aliphatic heterocycles. The second kappa shape index (κ2) is 9.24. The first-order valence-corrected chi connectivity index (χ1v) is 11.0. The molecule has 1 amide bonds. The molecule has 1 aliphatic rings. The molecule has 0 aromatic heterocycles. The molecule has 0 bridgehead atoms. The summed E-state index contributed by atoms with van der Waals surface area (Å²) >= 11 is 5.98. The molecule has 3 aromatic rings. The molecular weight excluding hydrogens is 445 g/mol. The van der Waals surface area contributed by atoms with E-state index in [0.29, 0.717) is 0 Å². The summed E-state index contributed by atoms with van der Waals surface area (Å²) in [5.41, 5.74) is 4.05. The number of carbonyl (C=O) groups excluding carboxylic acids is 1. The van der Waals surface area contributed by atoms with E-state index in [9.17, 15) is 19.1 Å². The van der Waals surface area contributed by atoms with Crippen molar-refractivity contribution in [1.82, 2.24) is 4.90 Å². The summed E-state index contributed by atoms with van der Waals surface area (Å²) in [6.07, 6.45) is -0.835. The van der Waals surface area contributed by atoms with Gasteiger partial charge in [-0.25, -0.2) is 14.0 Å².